The molecule has 0 bridgehead atoms. The largest absolute Gasteiger partial charge is 0.478 e. The average Bonchev–Trinajstić information content (AvgIpc) is 2.17. The van der Waals surface area contributed by atoms with Crippen LogP contribution in [0.2, 0.25) is 0 Å². The summed E-state index contributed by atoms with van der Waals surface area (Å²) in [4.78, 5) is 30.8. The van der Waals surface area contributed by atoms with E-state index in [0.29, 0.717) is 17.9 Å². The van der Waals surface area contributed by atoms with Crippen molar-refractivity contribution in [2.75, 3.05) is 6.61 Å². The normalized spacial score (nSPS) is 10.5. The van der Waals surface area contributed by atoms with Crippen LogP contribution < -0.4 is 16.0 Å². The highest BCUT2D eigenvalue weighted by Gasteiger charge is 2.03. The minimum absolute atomic E-state index is 0.231. The first kappa shape index (κ1) is 9.45. The van der Waals surface area contributed by atoms with Gasteiger partial charge in [0.2, 0.25) is 5.88 Å². The van der Waals surface area contributed by atoms with Crippen molar-refractivity contribution in [3.05, 3.63) is 33.0 Å². The van der Waals surface area contributed by atoms with Crippen molar-refractivity contribution in [1.82, 2.24) is 15.0 Å². The van der Waals surface area contributed by atoms with E-state index in [1.165, 1.54) is 0 Å². The molecule has 2 aromatic heterocycles. The van der Waals surface area contributed by atoms with Gasteiger partial charge in [-0.2, -0.15) is 4.98 Å². The molecule has 15 heavy (non-hydrogen) atoms. The molecule has 0 saturated carbocycles. The fourth-order valence-electron chi connectivity index (χ4n) is 1.26. The predicted molar refractivity (Wildman–Crippen MR) is 54.2 cm³/mol. The van der Waals surface area contributed by atoms with E-state index in [1.54, 1.807) is 12.1 Å². The molecule has 2 rings (SSSR count). The highest BCUT2D eigenvalue weighted by Crippen LogP contribution is 2.09. The summed E-state index contributed by atoms with van der Waals surface area (Å²) in [7, 11) is 0. The highest BCUT2D eigenvalue weighted by molar-refractivity contribution is 5.73. The van der Waals surface area contributed by atoms with Crippen LogP contribution in [0.25, 0.3) is 11.0 Å². The first-order valence-corrected chi connectivity index (χ1v) is 4.47. The smallest absolute Gasteiger partial charge is 0.327 e. The zero-order valence-corrected chi connectivity index (χ0v) is 8.03. The Hall–Kier alpha value is -2.11. The van der Waals surface area contributed by atoms with E-state index in [2.05, 4.69) is 15.0 Å². The van der Waals surface area contributed by atoms with Gasteiger partial charge in [0.1, 0.15) is 0 Å². The van der Waals surface area contributed by atoms with Crippen LogP contribution in [-0.4, -0.2) is 21.6 Å². The van der Waals surface area contributed by atoms with Crippen LogP contribution in [0.4, 0.5) is 0 Å². The summed E-state index contributed by atoms with van der Waals surface area (Å²) in [5, 5.41) is 0.332. The topological polar surface area (TPSA) is 87.8 Å². The Labute approximate surface area is 83.9 Å². The lowest BCUT2D eigenvalue weighted by molar-refractivity contribution is 0.328. The summed E-state index contributed by atoms with van der Waals surface area (Å²) < 4.78 is 5.15. The summed E-state index contributed by atoms with van der Waals surface area (Å²) in [5.41, 5.74) is -0.798. The molecule has 0 amide bonds. The number of fused-ring (bicyclic) bond motifs is 1. The third kappa shape index (κ3) is 1.74. The third-order valence-corrected chi connectivity index (χ3v) is 1.87. The number of rotatable bonds is 2. The first-order chi connectivity index (χ1) is 7.20. The maximum absolute atomic E-state index is 11.3. The Bertz CT molecular complexity index is 599. The predicted octanol–water partition coefficient (Wildman–Crippen LogP) is 0.0101. The minimum atomic E-state index is -0.575. The molecule has 0 atom stereocenters. The summed E-state index contributed by atoms with van der Waals surface area (Å²) in [5.74, 6) is 0.381. The van der Waals surface area contributed by atoms with Crippen LogP contribution in [0.1, 0.15) is 6.92 Å². The molecule has 0 saturated heterocycles. The Morgan fingerprint density at radius 1 is 1.33 bits per heavy atom. The van der Waals surface area contributed by atoms with Crippen molar-refractivity contribution in [3.8, 4) is 5.88 Å². The van der Waals surface area contributed by atoms with E-state index in [0.717, 1.165) is 0 Å². The Morgan fingerprint density at radius 2 is 2.13 bits per heavy atom. The number of hydrogen-bond acceptors (Lipinski definition) is 4. The molecule has 0 unspecified atom stereocenters. The molecule has 0 aliphatic heterocycles. The Kier molecular flexibility index (Phi) is 2.24. The second-order valence-corrected chi connectivity index (χ2v) is 2.89. The summed E-state index contributed by atoms with van der Waals surface area (Å²) >= 11 is 0. The maximum Gasteiger partial charge on any atom is 0.327 e. The van der Waals surface area contributed by atoms with Gasteiger partial charge in [0.05, 0.1) is 12.0 Å². The van der Waals surface area contributed by atoms with Crippen LogP contribution in [0, 0.1) is 0 Å². The van der Waals surface area contributed by atoms with Crippen molar-refractivity contribution in [2.45, 2.75) is 6.92 Å². The molecule has 0 spiro atoms. The molecule has 6 heteroatoms. The van der Waals surface area contributed by atoms with Crippen LogP contribution >= 0.6 is 0 Å². The summed E-state index contributed by atoms with van der Waals surface area (Å²) in [6.45, 7) is 2.30. The molecule has 0 radical (unpaired) electrons. The number of aromatic amines is 2. The van der Waals surface area contributed by atoms with Gasteiger partial charge < -0.3 is 4.74 Å². The molecule has 78 valence electrons. The molecular weight excluding hydrogens is 198 g/mol. The van der Waals surface area contributed by atoms with Gasteiger partial charge in [-0.05, 0) is 13.0 Å². The molecular formula is C9H9N3O3. The van der Waals surface area contributed by atoms with Crippen molar-refractivity contribution >= 4 is 11.0 Å². The van der Waals surface area contributed by atoms with Gasteiger partial charge in [0.25, 0.3) is 5.56 Å². The van der Waals surface area contributed by atoms with Crippen LogP contribution in [-0.2, 0) is 0 Å². The van der Waals surface area contributed by atoms with Crippen LogP contribution in [0.15, 0.2) is 21.7 Å². The van der Waals surface area contributed by atoms with E-state index >= 15 is 0 Å². The summed E-state index contributed by atoms with van der Waals surface area (Å²) in [6, 6.07) is 3.14. The van der Waals surface area contributed by atoms with Crippen LogP contribution in [0.5, 0.6) is 5.88 Å². The Balaban J connectivity index is 2.71. The van der Waals surface area contributed by atoms with Crippen molar-refractivity contribution in [2.24, 2.45) is 0 Å². The lowest BCUT2D eigenvalue weighted by atomic mass is 10.3. The standard InChI is InChI=1S/C9H9N3O3/c1-2-15-6-4-3-5-7(10-6)11-9(14)12-8(5)13/h3-4H,2H2,1H3,(H2,10,11,12,13,14). The number of nitrogens with zero attached hydrogens (tertiary/aromatic N) is 1. The van der Waals surface area contributed by atoms with Gasteiger partial charge in [0.15, 0.2) is 5.65 Å². The van der Waals surface area contributed by atoms with E-state index < -0.39 is 11.2 Å². The number of aromatic nitrogens is 3. The molecule has 0 fully saturated rings. The van der Waals surface area contributed by atoms with Gasteiger partial charge in [-0.3, -0.25) is 14.8 Å². The molecule has 2 heterocycles. The third-order valence-electron chi connectivity index (χ3n) is 1.87. The van der Waals surface area contributed by atoms with E-state index in [-0.39, 0.29) is 5.65 Å². The average molecular weight is 207 g/mol. The zero-order chi connectivity index (χ0) is 10.8. The molecule has 2 aromatic rings. The van der Waals surface area contributed by atoms with Crippen molar-refractivity contribution in [1.29, 1.82) is 0 Å². The lowest BCUT2D eigenvalue weighted by Crippen LogP contribution is -2.22. The van der Waals surface area contributed by atoms with E-state index in [9.17, 15) is 9.59 Å². The monoisotopic (exact) mass is 207 g/mol. The fraction of sp³-hybridized carbons (Fsp3) is 0.222. The minimum Gasteiger partial charge on any atom is -0.478 e. The lowest BCUT2D eigenvalue weighted by Gasteiger charge is -2.01. The SMILES string of the molecule is CCOc1ccc2c(=O)[nH]c(=O)[nH]c2n1. The number of nitrogens with one attached hydrogen (secondary N) is 2. The van der Waals surface area contributed by atoms with Gasteiger partial charge in [-0.25, -0.2) is 4.79 Å². The molecule has 2 N–H and O–H groups in total. The highest BCUT2D eigenvalue weighted by atomic mass is 16.5. The maximum atomic E-state index is 11.3. The zero-order valence-electron chi connectivity index (χ0n) is 8.03. The molecule has 6 nitrogen and oxygen atoms in total. The van der Waals surface area contributed by atoms with Gasteiger partial charge in [0, 0.05) is 6.07 Å². The Morgan fingerprint density at radius 3 is 2.87 bits per heavy atom. The van der Waals surface area contributed by atoms with E-state index in [1.807, 2.05) is 6.92 Å². The quantitative estimate of drug-likeness (QED) is 0.726. The van der Waals surface area contributed by atoms with Gasteiger partial charge in [-0.1, -0.05) is 0 Å². The molecule has 0 aliphatic rings. The second-order valence-electron chi connectivity index (χ2n) is 2.89. The van der Waals surface area contributed by atoms with Gasteiger partial charge in [-0.15, -0.1) is 0 Å². The number of H-pyrrole nitrogens is 2. The number of hydrogen-bond donors (Lipinski definition) is 2. The van der Waals surface area contributed by atoms with E-state index in [4.69, 9.17) is 4.74 Å². The first-order valence-electron chi connectivity index (χ1n) is 4.47. The fourth-order valence-corrected chi connectivity index (χ4v) is 1.26. The number of ether oxygens (including phenoxy) is 1. The number of pyridine rings is 1. The van der Waals surface area contributed by atoms with Crippen molar-refractivity contribution < 1.29 is 4.74 Å². The second kappa shape index (κ2) is 3.56. The molecule has 0 aromatic carbocycles. The van der Waals surface area contributed by atoms with Crippen LogP contribution in [0.3, 0.4) is 0 Å². The summed E-state index contributed by atoms with van der Waals surface area (Å²) in [6.07, 6.45) is 0. The van der Waals surface area contributed by atoms with Crippen molar-refractivity contribution in [3.63, 3.8) is 0 Å². The van der Waals surface area contributed by atoms with Gasteiger partial charge >= 0.3 is 5.69 Å². The molecule has 0 aliphatic carbocycles.